The second kappa shape index (κ2) is 9.49. The van der Waals surface area contributed by atoms with Crippen LogP contribution in [0.5, 0.6) is 11.5 Å². The van der Waals surface area contributed by atoms with Crippen LogP contribution in [0.1, 0.15) is 101 Å². The lowest BCUT2D eigenvalue weighted by atomic mass is 9.81. The average Bonchev–Trinajstić information content (AvgIpc) is 2.65. The minimum atomic E-state index is 0.216. The number of benzene rings is 1. The molecule has 0 radical (unpaired) electrons. The maximum atomic E-state index is 11.3. The van der Waals surface area contributed by atoms with Gasteiger partial charge in [0.2, 0.25) is 0 Å². The van der Waals surface area contributed by atoms with Gasteiger partial charge in [0.25, 0.3) is 0 Å². The molecule has 2 nitrogen and oxygen atoms in total. The van der Waals surface area contributed by atoms with Gasteiger partial charge in [0.05, 0.1) is 5.56 Å². The predicted molar refractivity (Wildman–Crippen MR) is 119 cm³/mol. The molecule has 0 saturated heterocycles. The Labute approximate surface area is 170 Å². The van der Waals surface area contributed by atoms with E-state index >= 15 is 0 Å². The van der Waals surface area contributed by atoms with Gasteiger partial charge in [-0.05, 0) is 88.5 Å². The highest BCUT2D eigenvalue weighted by molar-refractivity contribution is 5.71. The fraction of sp³-hybridized carbons (Fsp3) is 0.538. The third kappa shape index (κ3) is 4.90. The van der Waals surface area contributed by atoms with E-state index in [4.69, 9.17) is 0 Å². The van der Waals surface area contributed by atoms with Crippen LogP contribution in [0.25, 0.3) is 6.08 Å². The first-order valence-corrected chi connectivity index (χ1v) is 11.1. The maximum absolute atomic E-state index is 11.3. The van der Waals surface area contributed by atoms with Crippen molar-refractivity contribution < 1.29 is 10.2 Å². The van der Waals surface area contributed by atoms with Gasteiger partial charge in [-0.1, -0.05) is 43.1 Å². The number of allylic oxidation sites excluding steroid dienone is 5. The number of unbranched alkanes of at least 4 members (excludes halogenated alkanes) is 2. The van der Waals surface area contributed by atoms with E-state index in [9.17, 15) is 10.2 Å². The lowest BCUT2D eigenvalue weighted by Gasteiger charge is -2.25. The van der Waals surface area contributed by atoms with E-state index in [-0.39, 0.29) is 11.7 Å². The summed E-state index contributed by atoms with van der Waals surface area (Å²) < 4.78 is 0. The van der Waals surface area contributed by atoms with Gasteiger partial charge in [-0.3, -0.25) is 0 Å². The Morgan fingerprint density at radius 3 is 2.54 bits per heavy atom. The maximum Gasteiger partial charge on any atom is 0.130 e. The molecule has 2 heteroatoms. The molecule has 2 N–H and O–H groups in total. The number of rotatable bonds is 6. The van der Waals surface area contributed by atoms with Gasteiger partial charge in [-0.25, -0.2) is 0 Å². The highest BCUT2D eigenvalue weighted by Crippen LogP contribution is 2.44. The summed E-state index contributed by atoms with van der Waals surface area (Å²) in [5, 5.41) is 22.0. The molecule has 152 valence electrons. The third-order valence-electron chi connectivity index (χ3n) is 6.23. The van der Waals surface area contributed by atoms with Crippen LogP contribution in [-0.4, -0.2) is 10.2 Å². The molecule has 0 heterocycles. The van der Waals surface area contributed by atoms with E-state index in [2.05, 4.69) is 32.9 Å². The summed E-state index contributed by atoms with van der Waals surface area (Å²) in [5.74, 6) is 0.770. The standard InChI is InChI=1S/C26H36O2/c1-4-5-6-12-22-17-24(27)23(16-20-11-7-9-18(2)14-20)26(28)25(22)21-13-8-10-19(3)15-21/h14-17,21,27-28H,4-13H2,1-3H3/t21-/m0/s1. The van der Waals surface area contributed by atoms with Crippen LogP contribution in [-0.2, 0) is 6.42 Å². The predicted octanol–water partition coefficient (Wildman–Crippen LogP) is 7.56. The van der Waals surface area contributed by atoms with Crippen LogP contribution in [0, 0.1) is 0 Å². The summed E-state index contributed by atoms with van der Waals surface area (Å²) in [7, 11) is 0. The first-order valence-electron chi connectivity index (χ1n) is 11.1. The highest BCUT2D eigenvalue weighted by Gasteiger charge is 2.24. The molecule has 0 unspecified atom stereocenters. The van der Waals surface area contributed by atoms with Crippen LogP contribution in [0.2, 0.25) is 0 Å². The van der Waals surface area contributed by atoms with Gasteiger partial charge in [-0.2, -0.15) is 0 Å². The second-order valence-electron chi connectivity index (χ2n) is 8.76. The first kappa shape index (κ1) is 20.8. The zero-order valence-electron chi connectivity index (χ0n) is 17.9. The molecule has 28 heavy (non-hydrogen) atoms. The summed E-state index contributed by atoms with van der Waals surface area (Å²) >= 11 is 0. The minimum absolute atomic E-state index is 0.216. The van der Waals surface area contributed by atoms with Crippen LogP contribution in [0.15, 0.2) is 34.9 Å². The SMILES string of the molecule is CCCCCc1cc(O)c(C=C2C=C(C)CCC2)c(O)c1[C@@H]1C=C(C)CCC1. The molecule has 1 aromatic carbocycles. The average molecular weight is 381 g/mol. The number of aromatic hydroxyl groups is 2. The van der Waals surface area contributed by atoms with Crippen molar-refractivity contribution in [2.75, 3.05) is 0 Å². The van der Waals surface area contributed by atoms with Gasteiger partial charge < -0.3 is 10.2 Å². The zero-order valence-corrected chi connectivity index (χ0v) is 17.9. The topological polar surface area (TPSA) is 40.5 Å². The molecular weight excluding hydrogens is 344 g/mol. The second-order valence-corrected chi connectivity index (χ2v) is 8.76. The molecule has 0 spiro atoms. The number of hydrogen-bond acceptors (Lipinski definition) is 2. The fourth-order valence-electron chi connectivity index (χ4n) is 4.74. The first-order chi connectivity index (χ1) is 13.5. The Morgan fingerprint density at radius 1 is 1.04 bits per heavy atom. The summed E-state index contributed by atoms with van der Waals surface area (Å²) in [6, 6.07) is 1.92. The number of hydrogen-bond donors (Lipinski definition) is 2. The molecule has 2 aliphatic carbocycles. The van der Waals surface area contributed by atoms with Gasteiger partial charge >= 0.3 is 0 Å². The van der Waals surface area contributed by atoms with Gasteiger partial charge in [0.1, 0.15) is 11.5 Å². The van der Waals surface area contributed by atoms with Crippen molar-refractivity contribution in [3.8, 4) is 11.5 Å². The molecule has 0 aromatic heterocycles. The normalized spacial score (nSPS) is 21.5. The van der Waals surface area contributed by atoms with Crippen molar-refractivity contribution in [1.82, 2.24) is 0 Å². The van der Waals surface area contributed by atoms with E-state index in [0.717, 1.165) is 56.1 Å². The number of phenolic OH excluding ortho intramolecular Hbond substituents is 2. The monoisotopic (exact) mass is 380 g/mol. The fourth-order valence-corrected chi connectivity index (χ4v) is 4.74. The van der Waals surface area contributed by atoms with Crippen molar-refractivity contribution in [1.29, 1.82) is 0 Å². The van der Waals surface area contributed by atoms with Gasteiger partial charge in [0, 0.05) is 11.5 Å². The Bertz CT molecular complexity index is 795. The van der Waals surface area contributed by atoms with Crippen LogP contribution in [0.4, 0.5) is 0 Å². The van der Waals surface area contributed by atoms with Gasteiger partial charge in [-0.15, -0.1) is 0 Å². The molecule has 1 aromatic rings. The summed E-state index contributed by atoms with van der Waals surface area (Å²) in [5.41, 5.74) is 6.77. The quantitative estimate of drug-likeness (QED) is 0.395. The molecule has 3 rings (SSSR count). The Hall–Kier alpha value is -1.96. The lowest BCUT2D eigenvalue weighted by molar-refractivity contribution is 0.437. The molecule has 0 amide bonds. The van der Waals surface area contributed by atoms with E-state index in [1.807, 2.05) is 12.1 Å². The van der Waals surface area contributed by atoms with E-state index in [1.54, 1.807) is 0 Å². The Kier molecular flexibility index (Phi) is 7.04. The number of aryl methyl sites for hydroxylation is 1. The Balaban J connectivity index is 2.06. The van der Waals surface area contributed by atoms with Crippen LogP contribution < -0.4 is 0 Å². The van der Waals surface area contributed by atoms with Crippen molar-refractivity contribution in [2.45, 2.75) is 90.9 Å². The Morgan fingerprint density at radius 2 is 1.82 bits per heavy atom. The van der Waals surface area contributed by atoms with Crippen molar-refractivity contribution >= 4 is 6.08 Å². The smallest absolute Gasteiger partial charge is 0.130 e. The third-order valence-corrected chi connectivity index (χ3v) is 6.23. The van der Waals surface area contributed by atoms with Crippen molar-refractivity contribution in [3.05, 3.63) is 51.6 Å². The van der Waals surface area contributed by atoms with E-state index in [0.29, 0.717) is 11.3 Å². The zero-order chi connectivity index (χ0) is 20.1. The van der Waals surface area contributed by atoms with Gasteiger partial charge in [0.15, 0.2) is 0 Å². The molecule has 1 atom stereocenters. The minimum Gasteiger partial charge on any atom is -0.507 e. The summed E-state index contributed by atoms with van der Waals surface area (Å²) in [6.07, 6.45) is 17.6. The number of phenols is 2. The molecule has 0 aliphatic heterocycles. The summed E-state index contributed by atoms with van der Waals surface area (Å²) in [6.45, 7) is 6.56. The lowest BCUT2D eigenvalue weighted by Crippen LogP contribution is -2.07. The molecule has 2 aliphatic rings. The van der Waals surface area contributed by atoms with Crippen molar-refractivity contribution in [2.24, 2.45) is 0 Å². The van der Waals surface area contributed by atoms with Crippen LogP contribution >= 0.6 is 0 Å². The highest BCUT2D eigenvalue weighted by atomic mass is 16.3. The molecule has 0 fully saturated rings. The molecular formula is C26H36O2. The van der Waals surface area contributed by atoms with Crippen LogP contribution in [0.3, 0.4) is 0 Å². The largest absolute Gasteiger partial charge is 0.507 e. The van der Waals surface area contributed by atoms with E-state index in [1.165, 1.54) is 36.0 Å². The molecule has 0 saturated carbocycles. The van der Waals surface area contributed by atoms with Crippen molar-refractivity contribution in [3.63, 3.8) is 0 Å². The summed E-state index contributed by atoms with van der Waals surface area (Å²) in [4.78, 5) is 0. The van der Waals surface area contributed by atoms with E-state index < -0.39 is 0 Å². The molecule has 0 bridgehead atoms.